The van der Waals surface area contributed by atoms with Crippen LogP contribution in [0.4, 0.5) is 11.4 Å². The molecule has 0 atom stereocenters. The molecule has 34 heavy (non-hydrogen) atoms. The SMILES string of the molecule is CCOC(=O)c1cc2ccc([N+](=O)[O-])cc2[nH]1.O=C(O)c1cc2ccc([N+](=O)[O-])cc2[nH]1.[Na+].[OH-]. The minimum atomic E-state index is -1.09. The number of carbonyl (C=O) groups excluding carboxylic acids is 1. The summed E-state index contributed by atoms with van der Waals surface area (Å²) >= 11 is 0. The number of aromatic carboxylic acids is 1. The van der Waals surface area contributed by atoms with Crippen LogP contribution in [0.25, 0.3) is 21.8 Å². The molecule has 0 amide bonds. The van der Waals surface area contributed by atoms with Gasteiger partial charge in [-0.1, -0.05) is 0 Å². The Labute approximate surface area is 212 Å². The summed E-state index contributed by atoms with van der Waals surface area (Å²) in [6.07, 6.45) is 0. The maximum Gasteiger partial charge on any atom is 1.00 e. The number of nitrogens with zero attached hydrogens (tertiary/aromatic N) is 2. The van der Waals surface area contributed by atoms with Crippen molar-refractivity contribution in [3.05, 3.63) is 80.1 Å². The molecule has 4 aromatic rings. The zero-order valence-corrected chi connectivity index (χ0v) is 20.0. The maximum absolute atomic E-state index is 11.4. The smallest absolute Gasteiger partial charge is 0.870 e. The van der Waals surface area contributed by atoms with Gasteiger partial charge in [0.25, 0.3) is 11.4 Å². The quantitative estimate of drug-likeness (QED) is 0.160. The van der Waals surface area contributed by atoms with Crippen molar-refractivity contribution in [3.63, 3.8) is 0 Å². The van der Waals surface area contributed by atoms with E-state index >= 15 is 0 Å². The molecule has 0 unspecified atom stereocenters. The van der Waals surface area contributed by atoms with Crippen molar-refractivity contribution >= 4 is 45.1 Å². The molecule has 14 heteroatoms. The fraction of sp³-hybridized carbons (Fsp3) is 0.100. The number of aromatic nitrogens is 2. The van der Waals surface area contributed by atoms with E-state index in [0.29, 0.717) is 22.1 Å². The Kier molecular flexibility index (Phi) is 9.89. The average Bonchev–Trinajstić information content (AvgIpc) is 3.37. The molecule has 4 N–H and O–H groups in total. The number of nitro groups is 2. The third kappa shape index (κ3) is 6.39. The van der Waals surface area contributed by atoms with Gasteiger partial charge in [-0.3, -0.25) is 20.2 Å². The minimum Gasteiger partial charge on any atom is -0.870 e. The number of carbonyl (C=O) groups is 2. The van der Waals surface area contributed by atoms with Crippen molar-refractivity contribution in [2.45, 2.75) is 6.92 Å². The number of fused-ring (bicyclic) bond motifs is 2. The largest absolute Gasteiger partial charge is 1.00 e. The van der Waals surface area contributed by atoms with Crippen molar-refractivity contribution in [1.29, 1.82) is 0 Å². The summed E-state index contributed by atoms with van der Waals surface area (Å²) in [7, 11) is 0. The van der Waals surface area contributed by atoms with Gasteiger partial charge in [0.2, 0.25) is 0 Å². The van der Waals surface area contributed by atoms with Crippen LogP contribution in [-0.4, -0.2) is 48.9 Å². The number of aromatic amines is 2. The molecule has 2 aromatic carbocycles. The number of non-ortho nitro benzene ring substituents is 2. The van der Waals surface area contributed by atoms with Gasteiger partial charge in [-0.15, -0.1) is 0 Å². The summed E-state index contributed by atoms with van der Waals surface area (Å²) in [5.41, 5.74) is 1.22. The molecule has 2 heterocycles. The molecule has 0 saturated carbocycles. The van der Waals surface area contributed by atoms with Crippen molar-refractivity contribution < 1.29 is 64.3 Å². The van der Waals surface area contributed by atoms with Crippen LogP contribution < -0.4 is 29.6 Å². The number of nitro benzene ring substituents is 2. The molecule has 0 bridgehead atoms. The Balaban J connectivity index is 0.000000323. The van der Waals surface area contributed by atoms with Gasteiger partial charge in [-0.25, -0.2) is 9.59 Å². The van der Waals surface area contributed by atoms with E-state index in [-0.39, 0.29) is 58.7 Å². The van der Waals surface area contributed by atoms with Crippen LogP contribution in [0, 0.1) is 20.2 Å². The van der Waals surface area contributed by atoms with E-state index in [2.05, 4.69) is 9.97 Å². The van der Waals surface area contributed by atoms with Crippen LogP contribution in [0.5, 0.6) is 0 Å². The number of nitrogens with one attached hydrogen (secondary N) is 2. The van der Waals surface area contributed by atoms with Crippen molar-refractivity contribution in [3.8, 4) is 0 Å². The number of carboxylic acids is 1. The van der Waals surface area contributed by atoms with Crippen LogP contribution in [0.15, 0.2) is 48.5 Å². The maximum atomic E-state index is 11.4. The second-order valence-electron chi connectivity index (χ2n) is 6.45. The van der Waals surface area contributed by atoms with E-state index in [0.717, 1.165) is 5.39 Å². The molecule has 0 aliphatic carbocycles. The minimum absolute atomic E-state index is 0. The van der Waals surface area contributed by atoms with E-state index in [1.807, 2.05) is 0 Å². The summed E-state index contributed by atoms with van der Waals surface area (Å²) in [5, 5.41) is 31.1. The molecule has 2 aromatic heterocycles. The zero-order valence-electron chi connectivity index (χ0n) is 18.0. The Morgan fingerprint density at radius 2 is 1.32 bits per heavy atom. The fourth-order valence-corrected chi connectivity index (χ4v) is 2.89. The average molecular weight is 480 g/mol. The summed E-state index contributed by atoms with van der Waals surface area (Å²) in [6, 6.07) is 11.6. The first-order chi connectivity index (χ1) is 15.2. The Bertz CT molecular complexity index is 1350. The summed E-state index contributed by atoms with van der Waals surface area (Å²) in [4.78, 5) is 47.5. The second kappa shape index (κ2) is 11.9. The van der Waals surface area contributed by atoms with Gasteiger partial charge in [0.1, 0.15) is 11.4 Å². The van der Waals surface area contributed by atoms with Crippen LogP contribution in [0.2, 0.25) is 0 Å². The standard InChI is InChI=1S/C11H10N2O4.C9H6N2O4.Na.H2O/c1-2-17-11(14)10-5-7-3-4-8(13(15)16)6-9(7)12-10;12-9(13)8-3-5-1-2-6(11(14)15)4-7(5)10-8;;/h3-6,12H,2H2,1H3;1-4,10H,(H,12,13);;1H2/q;;+1;/p-1. The second-order valence-corrected chi connectivity index (χ2v) is 6.45. The van der Waals surface area contributed by atoms with Crippen LogP contribution in [-0.2, 0) is 4.74 Å². The molecule has 172 valence electrons. The van der Waals surface area contributed by atoms with Crippen molar-refractivity contribution in [2.24, 2.45) is 0 Å². The molecule has 0 radical (unpaired) electrons. The first kappa shape index (κ1) is 28.3. The summed E-state index contributed by atoms with van der Waals surface area (Å²) < 4.78 is 4.83. The van der Waals surface area contributed by atoms with E-state index in [1.165, 1.54) is 36.4 Å². The van der Waals surface area contributed by atoms with Crippen LogP contribution in [0.3, 0.4) is 0 Å². The van der Waals surface area contributed by atoms with Crippen LogP contribution in [0.1, 0.15) is 27.9 Å². The van der Waals surface area contributed by atoms with Gasteiger partial charge in [-0.05, 0) is 31.2 Å². The zero-order chi connectivity index (χ0) is 23.4. The molecular weight excluding hydrogens is 463 g/mol. The Hall–Kier alpha value is -3.78. The number of benzene rings is 2. The third-order valence-electron chi connectivity index (χ3n) is 4.36. The molecule has 13 nitrogen and oxygen atoms in total. The van der Waals surface area contributed by atoms with Crippen molar-refractivity contribution in [2.75, 3.05) is 6.61 Å². The van der Waals surface area contributed by atoms with Gasteiger partial charge in [0.05, 0.1) is 27.5 Å². The Morgan fingerprint density at radius 3 is 1.74 bits per heavy atom. The normalized spacial score (nSPS) is 9.79. The van der Waals surface area contributed by atoms with E-state index < -0.39 is 21.8 Å². The first-order valence-electron chi connectivity index (χ1n) is 9.14. The number of hydrogen-bond donors (Lipinski definition) is 3. The molecule has 0 aliphatic rings. The van der Waals surface area contributed by atoms with Gasteiger partial charge >= 0.3 is 41.5 Å². The van der Waals surface area contributed by atoms with E-state index in [1.54, 1.807) is 19.1 Å². The molecule has 0 fully saturated rings. The number of carboxylic acid groups (broad SMARTS) is 1. The van der Waals surface area contributed by atoms with Gasteiger partial charge in [-0.2, -0.15) is 0 Å². The molecule has 4 rings (SSSR count). The van der Waals surface area contributed by atoms with Gasteiger partial charge < -0.3 is 25.3 Å². The number of esters is 1. The van der Waals surface area contributed by atoms with Crippen molar-refractivity contribution in [1.82, 2.24) is 9.97 Å². The summed E-state index contributed by atoms with van der Waals surface area (Å²) in [6.45, 7) is 2.00. The van der Waals surface area contributed by atoms with Gasteiger partial charge in [0, 0.05) is 35.0 Å². The summed E-state index contributed by atoms with van der Waals surface area (Å²) in [5.74, 6) is -1.56. The first-order valence-corrected chi connectivity index (χ1v) is 9.14. The van der Waals surface area contributed by atoms with E-state index in [4.69, 9.17) is 9.84 Å². The fourth-order valence-electron chi connectivity index (χ4n) is 2.89. The van der Waals surface area contributed by atoms with Gasteiger partial charge in [0.15, 0.2) is 0 Å². The predicted molar refractivity (Wildman–Crippen MR) is 115 cm³/mol. The number of ether oxygens (including phenoxy) is 1. The van der Waals surface area contributed by atoms with Crippen LogP contribution >= 0.6 is 0 Å². The third-order valence-corrected chi connectivity index (χ3v) is 4.36. The molecule has 0 saturated heterocycles. The number of H-pyrrole nitrogens is 2. The monoisotopic (exact) mass is 480 g/mol. The predicted octanol–water partition coefficient (Wildman–Crippen LogP) is 0.854. The topological polar surface area (TPSA) is 211 Å². The molecule has 0 aliphatic heterocycles. The van der Waals surface area contributed by atoms with E-state index in [9.17, 15) is 29.8 Å². The number of rotatable bonds is 5. The molecular formula is C20H17N4NaO9. The molecule has 0 spiro atoms. The Morgan fingerprint density at radius 1 is 0.882 bits per heavy atom. The number of hydrogen-bond acceptors (Lipinski definition) is 8.